The van der Waals surface area contributed by atoms with Crippen molar-refractivity contribution in [2.75, 3.05) is 0 Å². The van der Waals surface area contributed by atoms with Gasteiger partial charge in [-0.05, 0) is 55.0 Å². The van der Waals surface area contributed by atoms with Crippen LogP contribution in [0.25, 0.3) is 11.3 Å². The van der Waals surface area contributed by atoms with Gasteiger partial charge in [-0.3, -0.25) is 5.11 Å². The van der Waals surface area contributed by atoms with E-state index in [0.717, 1.165) is 17.0 Å². The first-order chi connectivity index (χ1) is 11.8. The summed E-state index contributed by atoms with van der Waals surface area (Å²) in [5, 5.41) is 11.4. The van der Waals surface area contributed by atoms with Gasteiger partial charge in [-0.25, -0.2) is 0 Å². The van der Waals surface area contributed by atoms with Crippen LogP contribution in [0.1, 0.15) is 16.9 Å². The fraction of sp³-hybridized carbons (Fsp3) is 0.158. The number of rotatable bonds is 4. The molecule has 129 valence electrons. The fourth-order valence-electron chi connectivity index (χ4n) is 2.30. The standard InChI is InChI=1S/C19H14F3O2S/c1-12-10-16(7-8-17(12)23)25-11-15-6-9-18(24-15)13-2-4-14(5-3-13)19(20,21)22/h2-10H,11H2,1H3. The maximum Gasteiger partial charge on any atom is 0.416 e. The van der Waals surface area contributed by atoms with Crippen LogP contribution in [0.15, 0.2) is 63.9 Å². The summed E-state index contributed by atoms with van der Waals surface area (Å²) in [6, 6.07) is 13.5. The summed E-state index contributed by atoms with van der Waals surface area (Å²) in [6.07, 6.45) is -4.35. The zero-order valence-corrected chi connectivity index (χ0v) is 14.1. The molecule has 25 heavy (non-hydrogen) atoms. The molecule has 3 rings (SSSR count). The zero-order valence-electron chi connectivity index (χ0n) is 13.3. The van der Waals surface area contributed by atoms with E-state index in [1.165, 1.54) is 30.0 Å². The number of hydrogen-bond acceptors (Lipinski definition) is 2. The first-order valence-electron chi connectivity index (χ1n) is 7.50. The highest BCUT2D eigenvalue weighted by molar-refractivity contribution is 7.98. The quantitative estimate of drug-likeness (QED) is 0.483. The molecule has 1 aromatic heterocycles. The van der Waals surface area contributed by atoms with Crippen LogP contribution in [-0.2, 0) is 17.0 Å². The Bertz CT molecular complexity index is 867. The highest BCUT2D eigenvalue weighted by atomic mass is 32.2. The summed E-state index contributed by atoms with van der Waals surface area (Å²) < 4.78 is 43.5. The smallest absolute Gasteiger partial charge is 0.416 e. The molecule has 0 unspecified atom stereocenters. The Hall–Kier alpha value is -2.34. The Morgan fingerprint density at radius 2 is 1.72 bits per heavy atom. The Balaban J connectivity index is 1.68. The van der Waals surface area contributed by atoms with Crippen molar-refractivity contribution in [1.29, 1.82) is 0 Å². The SMILES string of the molecule is Cc1cc(SCc2ccc(-c3ccc(C(F)(F)F)cc3)o2)ccc1[O]. The summed E-state index contributed by atoms with van der Waals surface area (Å²) in [5.41, 5.74) is 0.599. The van der Waals surface area contributed by atoms with Gasteiger partial charge in [-0.1, -0.05) is 12.1 Å². The highest BCUT2D eigenvalue weighted by Gasteiger charge is 2.30. The molecule has 1 heterocycles. The zero-order chi connectivity index (χ0) is 18.0. The number of hydrogen-bond donors (Lipinski definition) is 0. The topological polar surface area (TPSA) is 33.0 Å². The Labute approximate surface area is 147 Å². The molecule has 0 aliphatic rings. The molecule has 2 nitrogen and oxygen atoms in total. The van der Waals surface area contributed by atoms with Gasteiger partial charge in [0.15, 0.2) is 5.75 Å². The van der Waals surface area contributed by atoms with E-state index in [4.69, 9.17) is 4.42 Å². The van der Waals surface area contributed by atoms with Crippen LogP contribution < -0.4 is 0 Å². The first-order valence-corrected chi connectivity index (χ1v) is 8.48. The van der Waals surface area contributed by atoms with E-state index < -0.39 is 11.7 Å². The van der Waals surface area contributed by atoms with Gasteiger partial charge in [-0.2, -0.15) is 13.2 Å². The first kappa shape index (κ1) is 17.5. The third-order valence-corrected chi connectivity index (χ3v) is 4.70. The van der Waals surface area contributed by atoms with Crippen LogP contribution in [0.3, 0.4) is 0 Å². The second-order valence-corrected chi connectivity index (χ2v) is 6.61. The van der Waals surface area contributed by atoms with Gasteiger partial charge >= 0.3 is 6.18 Å². The van der Waals surface area contributed by atoms with Crippen LogP contribution in [0.4, 0.5) is 13.2 Å². The Kier molecular flexibility index (Phi) is 4.81. The van der Waals surface area contributed by atoms with Gasteiger partial charge in [0.05, 0.1) is 11.3 Å². The minimum atomic E-state index is -4.35. The molecule has 0 saturated carbocycles. The number of aryl methyl sites for hydroxylation is 1. The third-order valence-electron chi connectivity index (χ3n) is 3.69. The van der Waals surface area contributed by atoms with Crippen molar-refractivity contribution in [3.63, 3.8) is 0 Å². The average molecular weight is 363 g/mol. The van der Waals surface area contributed by atoms with E-state index in [9.17, 15) is 18.3 Å². The van der Waals surface area contributed by atoms with Crippen molar-refractivity contribution in [2.45, 2.75) is 23.7 Å². The maximum absolute atomic E-state index is 12.6. The van der Waals surface area contributed by atoms with Gasteiger partial charge in [0.25, 0.3) is 0 Å². The number of benzene rings is 2. The second kappa shape index (κ2) is 6.88. The lowest BCUT2D eigenvalue weighted by Crippen LogP contribution is -2.03. The molecule has 2 aromatic carbocycles. The van der Waals surface area contributed by atoms with E-state index in [1.54, 1.807) is 25.1 Å². The maximum atomic E-state index is 12.6. The summed E-state index contributed by atoms with van der Waals surface area (Å²) >= 11 is 1.53. The van der Waals surface area contributed by atoms with Crippen LogP contribution in [0.5, 0.6) is 5.75 Å². The minimum Gasteiger partial charge on any atom is -0.460 e. The normalized spacial score (nSPS) is 11.7. The van der Waals surface area contributed by atoms with Crippen molar-refractivity contribution >= 4 is 11.8 Å². The molecule has 0 N–H and O–H groups in total. The summed E-state index contributed by atoms with van der Waals surface area (Å²) in [7, 11) is 0. The second-order valence-electron chi connectivity index (χ2n) is 5.56. The fourth-order valence-corrected chi connectivity index (χ4v) is 3.19. The van der Waals surface area contributed by atoms with Gasteiger partial charge in [0, 0.05) is 10.5 Å². The van der Waals surface area contributed by atoms with Crippen LogP contribution in [0, 0.1) is 6.92 Å². The molecule has 0 bridgehead atoms. The highest BCUT2D eigenvalue weighted by Crippen LogP contribution is 2.33. The van der Waals surface area contributed by atoms with Crippen molar-refractivity contribution in [2.24, 2.45) is 0 Å². The van der Waals surface area contributed by atoms with E-state index >= 15 is 0 Å². The van der Waals surface area contributed by atoms with Crippen LogP contribution >= 0.6 is 11.8 Å². The average Bonchev–Trinajstić information content (AvgIpc) is 3.04. The summed E-state index contributed by atoms with van der Waals surface area (Å²) in [5.74, 6) is 1.81. The number of halogens is 3. The van der Waals surface area contributed by atoms with Gasteiger partial charge in [0.2, 0.25) is 0 Å². The van der Waals surface area contributed by atoms with Crippen molar-refractivity contribution < 1.29 is 22.7 Å². The lowest BCUT2D eigenvalue weighted by Gasteiger charge is -2.06. The molecular formula is C19H14F3O2S. The molecule has 0 aliphatic heterocycles. The molecule has 1 radical (unpaired) electrons. The van der Waals surface area contributed by atoms with Gasteiger partial charge in [-0.15, -0.1) is 11.8 Å². The number of alkyl halides is 3. The van der Waals surface area contributed by atoms with Crippen LogP contribution in [0.2, 0.25) is 0 Å². The molecule has 0 saturated heterocycles. The molecular weight excluding hydrogens is 349 g/mol. The van der Waals surface area contributed by atoms with E-state index in [0.29, 0.717) is 28.4 Å². The predicted molar refractivity (Wildman–Crippen MR) is 90.0 cm³/mol. The van der Waals surface area contributed by atoms with Gasteiger partial charge in [0.1, 0.15) is 11.5 Å². The van der Waals surface area contributed by atoms with Gasteiger partial charge < -0.3 is 4.42 Å². The summed E-state index contributed by atoms with van der Waals surface area (Å²) in [6.45, 7) is 1.77. The third kappa shape index (κ3) is 4.20. The number of furan rings is 1. The molecule has 0 aliphatic carbocycles. The van der Waals surface area contributed by atoms with E-state index in [2.05, 4.69) is 0 Å². The largest absolute Gasteiger partial charge is 0.460 e. The molecule has 6 heteroatoms. The monoisotopic (exact) mass is 363 g/mol. The number of thioether (sulfide) groups is 1. The molecule has 0 amide bonds. The lowest BCUT2D eigenvalue weighted by molar-refractivity contribution is -0.137. The lowest BCUT2D eigenvalue weighted by atomic mass is 10.1. The molecule has 0 fully saturated rings. The van der Waals surface area contributed by atoms with Crippen molar-refractivity contribution in [3.05, 3.63) is 71.5 Å². The van der Waals surface area contributed by atoms with E-state index in [1.807, 2.05) is 6.07 Å². The molecule has 0 atom stereocenters. The predicted octanol–water partition coefficient (Wildman–Crippen LogP) is 6.71. The van der Waals surface area contributed by atoms with Crippen molar-refractivity contribution in [3.8, 4) is 17.1 Å². The van der Waals surface area contributed by atoms with Crippen molar-refractivity contribution in [1.82, 2.24) is 0 Å². The Morgan fingerprint density at radius 1 is 1.00 bits per heavy atom. The summed E-state index contributed by atoms with van der Waals surface area (Å²) in [4.78, 5) is 0.963. The minimum absolute atomic E-state index is 0.00642. The molecule has 0 spiro atoms. The molecule has 3 aromatic rings. The van der Waals surface area contributed by atoms with Crippen LogP contribution in [-0.4, -0.2) is 0 Å². The Morgan fingerprint density at radius 3 is 2.36 bits per heavy atom. The van der Waals surface area contributed by atoms with E-state index in [-0.39, 0.29) is 5.75 Å².